The fraction of sp³-hybridized carbons (Fsp3) is 0.875. The quantitative estimate of drug-likeness (QED) is 0.584. The van der Waals surface area contributed by atoms with Crippen LogP contribution in [0.1, 0.15) is 27.7 Å². The lowest BCUT2D eigenvalue weighted by molar-refractivity contribution is -0.140. The normalized spacial score (nSPS) is 14.8. The second-order valence-corrected chi connectivity index (χ2v) is 4.90. The maximum atomic E-state index is 10.8. The summed E-state index contributed by atoms with van der Waals surface area (Å²) < 4.78 is -0.546. The highest BCUT2D eigenvalue weighted by atomic mass is 32.1. The van der Waals surface area contributed by atoms with Gasteiger partial charge in [-0.2, -0.15) is 12.6 Å². The smallest absolute Gasteiger partial charge is 0.322 e. The van der Waals surface area contributed by atoms with E-state index in [4.69, 9.17) is 5.11 Å². The van der Waals surface area contributed by atoms with Crippen molar-refractivity contribution in [1.82, 2.24) is 5.32 Å². The Balaban J connectivity index is 4.35. The van der Waals surface area contributed by atoms with Gasteiger partial charge in [0.1, 0.15) is 6.04 Å². The van der Waals surface area contributed by atoms with E-state index in [2.05, 4.69) is 17.9 Å². The van der Waals surface area contributed by atoms with E-state index in [1.54, 1.807) is 13.8 Å². The molecule has 0 amide bonds. The first-order valence-electron chi connectivity index (χ1n) is 3.96. The number of hydrogen-bond donors (Lipinski definition) is 3. The number of aliphatic carboxylic acids is 1. The molecule has 72 valence electrons. The first-order valence-corrected chi connectivity index (χ1v) is 4.41. The lowest BCUT2D eigenvalue weighted by Crippen LogP contribution is -2.51. The lowest BCUT2D eigenvalue weighted by atomic mass is 10.0. The van der Waals surface area contributed by atoms with Gasteiger partial charge in [-0.1, -0.05) is 13.8 Å². The predicted molar refractivity (Wildman–Crippen MR) is 52.8 cm³/mol. The van der Waals surface area contributed by atoms with E-state index >= 15 is 0 Å². The fourth-order valence-corrected chi connectivity index (χ4v) is 1.10. The lowest BCUT2D eigenvalue weighted by Gasteiger charge is -2.28. The number of carboxylic acids is 1. The topological polar surface area (TPSA) is 49.3 Å². The molecule has 2 N–H and O–H groups in total. The minimum absolute atomic E-state index is 0.150. The summed E-state index contributed by atoms with van der Waals surface area (Å²) >= 11 is 4.22. The van der Waals surface area contributed by atoms with Crippen LogP contribution in [0.2, 0.25) is 0 Å². The third-order valence-corrected chi connectivity index (χ3v) is 1.71. The second-order valence-electron chi connectivity index (χ2n) is 3.75. The van der Waals surface area contributed by atoms with Crippen LogP contribution in [0.4, 0.5) is 0 Å². The zero-order valence-corrected chi connectivity index (χ0v) is 8.85. The summed E-state index contributed by atoms with van der Waals surface area (Å²) in [6.07, 6.45) is 0. The predicted octanol–water partition coefficient (Wildman–Crippen LogP) is 1.15. The molecule has 0 bridgehead atoms. The van der Waals surface area contributed by atoms with Crippen LogP contribution >= 0.6 is 12.6 Å². The van der Waals surface area contributed by atoms with Gasteiger partial charge in [-0.3, -0.25) is 4.79 Å². The van der Waals surface area contributed by atoms with E-state index in [0.717, 1.165) is 0 Å². The fourth-order valence-electron chi connectivity index (χ4n) is 0.911. The average molecular weight is 191 g/mol. The SMILES string of the molecule is CC(C)N[C@@H](C(=O)O)C(C)(C)S. The molecule has 0 aromatic rings. The Hall–Kier alpha value is -0.220. The Morgan fingerprint density at radius 3 is 2.00 bits per heavy atom. The Morgan fingerprint density at radius 2 is 1.92 bits per heavy atom. The highest BCUT2D eigenvalue weighted by Gasteiger charge is 2.32. The van der Waals surface area contributed by atoms with Gasteiger partial charge in [0.05, 0.1) is 0 Å². The molecule has 0 aliphatic carbocycles. The van der Waals surface area contributed by atoms with Gasteiger partial charge >= 0.3 is 5.97 Å². The standard InChI is InChI=1S/C8H17NO2S/c1-5(2)9-6(7(10)11)8(3,4)12/h5-6,9,12H,1-4H3,(H,10,11)/t6-/m0/s1. The van der Waals surface area contributed by atoms with Crippen LogP contribution in [-0.4, -0.2) is 27.9 Å². The average Bonchev–Trinajstić information content (AvgIpc) is 1.79. The number of thiol groups is 1. The summed E-state index contributed by atoms with van der Waals surface area (Å²) in [7, 11) is 0. The Kier molecular flexibility index (Phi) is 4.06. The van der Waals surface area contributed by atoms with Gasteiger partial charge in [-0.15, -0.1) is 0 Å². The molecule has 0 aliphatic rings. The number of nitrogens with one attached hydrogen (secondary N) is 1. The molecule has 0 aromatic heterocycles. The van der Waals surface area contributed by atoms with Crippen LogP contribution in [0.25, 0.3) is 0 Å². The molecular weight excluding hydrogens is 174 g/mol. The van der Waals surface area contributed by atoms with Crippen molar-refractivity contribution in [3.8, 4) is 0 Å². The minimum atomic E-state index is -0.858. The van der Waals surface area contributed by atoms with Gasteiger partial charge in [0.25, 0.3) is 0 Å². The van der Waals surface area contributed by atoms with Crippen molar-refractivity contribution in [2.24, 2.45) is 0 Å². The molecule has 0 fully saturated rings. The van der Waals surface area contributed by atoms with Crippen LogP contribution in [0, 0.1) is 0 Å². The zero-order valence-electron chi connectivity index (χ0n) is 7.96. The van der Waals surface area contributed by atoms with Gasteiger partial charge in [0.15, 0.2) is 0 Å². The maximum absolute atomic E-state index is 10.8. The molecular formula is C8H17NO2S. The molecule has 0 radical (unpaired) electrons. The van der Waals surface area contributed by atoms with E-state index in [1.807, 2.05) is 13.8 Å². The van der Waals surface area contributed by atoms with Gasteiger partial charge in [0.2, 0.25) is 0 Å². The van der Waals surface area contributed by atoms with Crippen molar-refractivity contribution < 1.29 is 9.90 Å². The second kappa shape index (κ2) is 4.14. The summed E-state index contributed by atoms with van der Waals surface area (Å²) in [4.78, 5) is 10.8. The van der Waals surface area contributed by atoms with Gasteiger partial charge in [-0.05, 0) is 13.8 Å². The molecule has 0 saturated heterocycles. The van der Waals surface area contributed by atoms with E-state index < -0.39 is 16.8 Å². The summed E-state index contributed by atoms with van der Waals surface area (Å²) in [5.41, 5.74) is 0. The van der Waals surface area contributed by atoms with Crippen LogP contribution in [0.5, 0.6) is 0 Å². The van der Waals surface area contributed by atoms with E-state index in [9.17, 15) is 4.79 Å². The molecule has 0 heterocycles. The number of carboxylic acid groups (broad SMARTS) is 1. The van der Waals surface area contributed by atoms with Gasteiger partial charge in [-0.25, -0.2) is 0 Å². The maximum Gasteiger partial charge on any atom is 0.322 e. The van der Waals surface area contributed by atoms with Crippen molar-refractivity contribution >= 4 is 18.6 Å². The van der Waals surface area contributed by atoms with Crippen LogP contribution in [-0.2, 0) is 4.79 Å². The van der Waals surface area contributed by atoms with Crippen LogP contribution in [0.3, 0.4) is 0 Å². The molecule has 12 heavy (non-hydrogen) atoms. The largest absolute Gasteiger partial charge is 0.480 e. The molecule has 4 heteroatoms. The Bertz CT molecular complexity index is 163. The summed E-state index contributed by atoms with van der Waals surface area (Å²) in [6, 6.07) is -0.460. The summed E-state index contributed by atoms with van der Waals surface area (Å²) in [6.45, 7) is 7.39. The van der Waals surface area contributed by atoms with Crippen molar-refractivity contribution in [3.05, 3.63) is 0 Å². The molecule has 1 atom stereocenters. The summed E-state index contributed by atoms with van der Waals surface area (Å²) in [5, 5.41) is 11.8. The van der Waals surface area contributed by atoms with E-state index in [0.29, 0.717) is 0 Å². The van der Waals surface area contributed by atoms with Gasteiger partial charge < -0.3 is 10.4 Å². The van der Waals surface area contributed by atoms with Crippen LogP contribution in [0.15, 0.2) is 0 Å². The third-order valence-electron chi connectivity index (χ3n) is 1.45. The molecule has 0 saturated carbocycles. The molecule has 0 rings (SSSR count). The van der Waals surface area contributed by atoms with E-state index in [1.165, 1.54) is 0 Å². The first kappa shape index (κ1) is 11.8. The highest BCUT2D eigenvalue weighted by Crippen LogP contribution is 2.18. The third kappa shape index (κ3) is 3.97. The Labute approximate surface area is 79.0 Å². The molecule has 0 unspecified atom stereocenters. The molecule has 0 spiro atoms. The first-order chi connectivity index (χ1) is 5.25. The van der Waals surface area contributed by atoms with Crippen molar-refractivity contribution in [3.63, 3.8) is 0 Å². The number of carbonyl (C=O) groups is 1. The van der Waals surface area contributed by atoms with Gasteiger partial charge in [0, 0.05) is 10.8 Å². The van der Waals surface area contributed by atoms with Crippen LogP contribution < -0.4 is 5.32 Å². The highest BCUT2D eigenvalue weighted by molar-refractivity contribution is 7.81. The number of rotatable bonds is 4. The van der Waals surface area contributed by atoms with E-state index in [-0.39, 0.29) is 6.04 Å². The van der Waals surface area contributed by atoms with Crippen molar-refractivity contribution in [2.45, 2.75) is 44.5 Å². The minimum Gasteiger partial charge on any atom is -0.480 e. The molecule has 0 aromatic carbocycles. The Morgan fingerprint density at radius 1 is 1.50 bits per heavy atom. The van der Waals surface area contributed by atoms with Crippen molar-refractivity contribution in [2.75, 3.05) is 0 Å². The zero-order chi connectivity index (χ0) is 9.94. The number of hydrogen-bond acceptors (Lipinski definition) is 3. The summed E-state index contributed by atoms with van der Waals surface area (Å²) in [5.74, 6) is -0.858. The molecule has 0 aliphatic heterocycles. The van der Waals surface area contributed by atoms with Crippen molar-refractivity contribution in [1.29, 1.82) is 0 Å². The molecule has 3 nitrogen and oxygen atoms in total. The monoisotopic (exact) mass is 191 g/mol.